The Labute approximate surface area is 161 Å². The molecule has 2 bridgehead atoms. The lowest BCUT2D eigenvalue weighted by Gasteiger charge is -2.29. The second-order valence-electron chi connectivity index (χ2n) is 7.93. The number of hydrogen-bond donors (Lipinski definition) is 3. The van der Waals surface area contributed by atoms with Gasteiger partial charge >= 0.3 is 0 Å². The third-order valence-electron chi connectivity index (χ3n) is 5.95. The second kappa shape index (κ2) is 7.97. The molecule has 3 aliphatic heterocycles. The van der Waals surface area contributed by atoms with Gasteiger partial charge in [-0.3, -0.25) is 9.59 Å². The van der Waals surface area contributed by atoms with Crippen molar-refractivity contribution < 1.29 is 9.59 Å². The number of carbonyl (C=O) groups is 2. The van der Waals surface area contributed by atoms with Gasteiger partial charge in [-0.1, -0.05) is 12.1 Å². The number of hydrogen-bond acceptors (Lipinski definition) is 3. The molecule has 1 aromatic rings. The van der Waals surface area contributed by atoms with Crippen LogP contribution in [0.2, 0.25) is 0 Å². The van der Waals surface area contributed by atoms with Gasteiger partial charge in [-0.05, 0) is 62.1 Å². The minimum Gasteiger partial charge on any atom is -0.350 e. The van der Waals surface area contributed by atoms with Crippen LogP contribution in [0.3, 0.4) is 0 Å². The zero-order valence-corrected chi connectivity index (χ0v) is 16.0. The van der Waals surface area contributed by atoms with Crippen LogP contribution in [0.1, 0.15) is 62.6 Å². The number of piperidine rings is 1. The predicted molar refractivity (Wildman–Crippen MR) is 104 cm³/mol. The number of nitrogens with one attached hydrogen (secondary N) is 3. The molecule has 3 atom stereocenters. The summed E-state index contributed by atoms with van der Waals surface area (Å²) in [6.07, 6.45) is 6.76. The quantitative estimate of drug-likeness (QED) is 0.755. The van der Waals surface area contributed by atoms with Crippen LogP contribution in [0.4, 0.5) is 5.69 Å². The Hall–Kier alpha value is -1.59. The molecule has 142 valence electrons. The first-order chi connectivity index (χ1) is 12.1. The SMILES string of the molecule is CC(NC(=O)CC1CC2CCC(C1)N2)c1ccc2c(c1)CCC(=O)N2.Cl. The van der Waals surface area contributed by atoms with Crippen LogP contribution in [-0.2, 0) is 16.0 Å². The van der Waals surface area contributed by atoms with E-state index in [1.54, 1.807) is 0 Å². The van der Waals surface area contributed by atoms with Crippen LogP contribution >= 0.6 is 12.4 Å². The summed E-state index contributed by atoms with van der Waals surface area (Å²) in [5.41, 5.74) is 3.17. The summed E-state index contributed by atoms with van der Waals surface area (Å²) >= 11 is 0. The Bertz CT molecular complexity index is 682. The standard InChI is InChI=1S/C20H27N3O2.ClH/c1-12(14-2-6-18-15(11-14)3-7-19(24)23-18)21-20(25)10-13-8-16-4-5-17(9-13)22-16;/h2,6,11-13,16-17,22H,3-5,7-10H2,1H3,(H,21,25)(H,23,24);1H. The maximum absolute atomic E-state index is 12.5. The zero-order valence-electron chi connectivity index (χ0n) is 15.2. The molecule has 4 rings (SSSR count). The van der Waals surface area contributed by atoms with Gasteiger partial charge in [-0.25, -0.2) is 0 Å². The average molecular weight is 378 g/mol. The number of carbonyl (C=O) groups excluding carboxylic acids is 2. The smallest absolute Gasteiger partial charge is 0.224 e. The first-order valence-electron chi connectivity index (χ1n) is 9.55. The highest BCUT2D eigenvalue weighted by atomic mass is 35.5. The number of benzene rings is 1. The van der Waals surface area contributed by atoms with Crippen molar-refractivity contribution in [3.63, 3.8) is 0 Å². The van der Waals surface area contributed by atoms with E-state index in [0.717, 1.165) is 36.1 Å². The van der Waals surface area contributed by atoms with Gasteiger partial charge in [0.25, 0.3) is 0 Å². The lowest BCUT2D eigenvalue weighted by Crippen LogP contribution is -2.40. The Morgan fingerprint density at radius 2 is 1.96 bits per heavy atom. The fourth-order valence-electron chi connectivity index (χ4n) is 4.66. The van der Waals surface area contributed by atoms with E-state index in [1.165, 1.54) is 12.8 Å². The van der Waals surface area contributed by atoms with Crippen molar-refractivity contribution in [1.82, 2.24) is 10.6 Å². The van der Waals surface area contributed by atoms with Gasteiger partial charge in [-0.2, -0.15) is 0 Å². The van der Waals surface area contributed by atoms with Crippen molar-refractivity contribution in [3.05, 3.63) is 29.3 Å². The number of halogens is 1. The van der Waals surface area contributed by atoms with Crippen LogP contribution in [0.5, 0.6) is 0 Å². The summed E-state index contributed by atoms with van der Waals surface area (Å²) in [4.78, 5) is 23.9. The van der Waals surface area contributed by atoms with Crippen LogP contribution in [0, 0.1) is 5.92 Å². The maximum atomic E-state index is 12.5. The highest BCUT2D eigenvalue weighted by molar-refractivity contribution is 5.93. The van der Waals surface area contributed by atoms with E-state index >= 15 is 0 Å². The molecule has 6 heteroatoms. The van der Waals surface area contributed by atoms with Crippen LogP contribution in [0.25, 0.3) is 0 Å². The fourth-order valence-corrected chi connectivity index (χ4v) is 4.66. The molecular weight excluding hydrogens is 350 g/mol. The molecule has 0 radical (unpaired) electrons. The molecule has 3 unspecified atom stereocenters. The lowest BCUT2D eigenvalue weighted by molar-refractivity contribution is -0.123. The van der Waals surface area contributed by atoms with E-state index in [4.69, 9.17) is 0 Å². The van der Waals surface area contributed by atoms with Gasteiger partial charge in [-0.15, -0.1) is 12.4 Å². The summed E-state index contributed by atoms with van der Waals surface area (Å²) in [6.45, 7) is 2.03. The average Bonchev–Trinajstić information content (AvgIpc) is 2.92. The van der Waals surface area contributed by atoms with Crippen molar-refractivity contribution in [1.29, 1.82) is 0 Å². The Balaban J connectivity index is 0.00000196. The highest BCUT2D eigenvalue weighted by Gasteiger charge is 2.34. The lowest BCUT2D eigenvalue weighted by atomic mass is 9.89. The van der Waals surface area contributed by atoms with Gasteiger partial charge in [0.05, 0.1) is 6.04 Å². The minimum absolute atomic E-state index is 0. The van der Waals surface area contributed by atoms with E-state index in [-0.39, 0.29) is 30.3 Å². The van der Waals surface area contributed by atoms with E-state index in [0.29, 0.717) is 30.8 Å². The van der Waals surface area contributed by atoms with Gasteiger partial charge in [0, 0.05) is 30.6 Å². The minimum atomic E-state index is -0.00568. The van der Waals surface area contributed by atoms with Gasteiger partial charge in [0.15, 0.2) is 0 Å². The second-order valence-corrected chi connectivity index (χ2v) is 7.93. The number of amides is 2. The highest BCUT2D eigenvalue weighted by Crippen LogP contribution is 2.33. The molecule has 26 heavy (non-hydrogen) atoms. The normalized spacial score (nSPS) is 27.7. The molecule has 3 heterocycles. The Kier molecular flexibility index (Phi) is 5.88. The molecule has 0 aliphatic carbocycles. The van der Waals surface area contributed by atoms with Gasteiger partial charge < -0.3 is 16.0 Å². The molecule has 5 nitrogen and oxygen atoms in total. The van der Waals surface area contributed by atoms with E-state index in [2.05, 4.69) is 22.0 Å². The molecule has 2 fully saturated rings. The van der Waals surface area contributed by atoms with Crippen LogP contribution in [-0.4, -0.2) is 23.9 Å². The van der Waals surface area contributed by atoms with E-state index in [1.807, 2.05) is 19.1 Å². The largest absolute Gasteiger partial charge is 0.350 e. The molecule has 2 amide bonds. The molecule has 0 spiro atoms. The van der Waals surface area contributed by atoms with Gasteiger partial charge in [0.2, 0.25) is 11.8 Å². The summed E-state index contributed by atoms with van der Waals surface area (Å²) in [5.74, 6) is 0.757. The first kappa shape index (κ1) is 19.2. The van der Waals surface area contributed by atoms with Crippen molar-refractivity contribution in [3.8, 4) is 0 Å². The number of rotatable bonds is 4. The molecule has 3 aliphatic rings. The molecule has 3 N–H and O–H groups in total. The molecule has 1 aromatic carbocycles. The van der Waals surface area contributed by atoms with Crippen molar-refractivity contribution >= 4 is 29.9 Å². The third kappa shape index (κ3) is 4.21. The van der Waals surface area contributed by atoms with Crippen molar-refractivity contribution in [2.24, 2.45) is 5.92 Å². The first-order valence-corrected chi connectivity index (χ1v) is 9.55. The number of anilines is 1. The number of fused-ring (bicyclic) bond motifs is 3. The molecule has 2 saturated heterocycles. The molecule has 0 saturated carbocycles. The van der Waals surface area contributed by atoms with Crippen molar-refractivity contribution in [2.75, 3.05) is 5.32 Å². The summed E-state index contributed by atoms with van der Waals surface area (Å²) in [6, 6.07) is 7.32. The maximum Gasteiger partial charge on any atom is 0.224 e. The van der Waals surface area contributed by atoms with Crippen LogP contribution < -0.4 is 16.0 Å². The monoisotopic (exact) mass is 377 g/mol. The van der Waals surface area contributed by atoms with E-state index < -0.39 is 0 Å². The Morgan fingerprint density at radius 3 is 2.69 bits per heavy atom. The third-order valence-corrected chi connectivity index (χ3v) is 5.95. The summed E-state index contributed by atoms with van der Waals surface area (Å²) in [7, 11) is 0. The van der Waals surface area contributed by atoms with E-state index in [9.17, 15) is 9.59 Å². The summed E-state index contributed by atoms with van der Waals surface area (Å²) < 4.78 is 0. The topological polar surface area (TPSA) is 70.2 Å². The Morgan fingerprint density at radius 1 is 1.23 bits per heavy atom. The number of aryl methyl sites for hydroxylation is 1. The van der Waals surface area contributed by atoms with Gasteiger partial charge in [0.1, 0.15) is 0 Å². The molecule has 0 aromatic heterocycles. The zero-order chi connectivity index (χ0) is 17.4. The predicted octanol–water partition coefficient (Wildman–Crippen LogP) is 3.09. The fraction of sp³-hybridized carbons (Fsp3) is 0.600. The van der Waals surface area contributed by atoms with Crippen molar-refractivity contribution in [2.45, 2.75) is 70.0 Å². The van der Waals surface area contributed by atoms with Crippen LogP contribution in [0.15, 0.2) is 18.2 Å². The molecular formula is C20H28ClN3O2. The summed E-state index contributed by atoms with van der Waals surface area (Å²) in [5, 5.41) is 9.70.